The third-order valence-electron chi connectivity index (χ3n) is 7.87. The fraction of sp³-hybridized carbons (Fsp3) is 0.464. The van der Waals surface area contributed by atoms with Crippen LogP contribution in [0.4, 0.5) is 19.0 Å². The van der Waals surface area contributed by atoms with Crippen LogP contribution in [0.25, 0.3) is 5.82 Å². The van der Waals surface area contributed by atoms with Crippen molar-refractivity contribution in [2.75, 3.05) is 18.1 Å². The molecular formula is C28H32F3N5O4S. The van der Waals surface area contributed by atoms with Gasteiger partial charge in [0.1, 0.15) is 18.2 Å². The van der Waals surface area contributed by atoms with Crippen molar-refractivity contribution < 1.29 is 31.1 Å². The van der Waals surface area contributed by atoms with Crippen molar-refractivity contribution in [1.82, 2.24) is 19.5 Å². The summed E-state index contributed by atoms with van der Waals surface area (Å²) in [6.45, 7) is 7.42. The number of nitrogens with zero attached hydrogens (tertiary/aromatic N) is 4. The summed E-state index contributed by atoms with van der Waals surface area (Å²) in [7, 11) is -4.29. The molecule has 1 saturated carbocycles. The third-order valence-corrected chi connectivity index (χ3v) is 9.21. The molecule has 1 amide bonds. The van der Waals surface area contributed by atoms with Crippen molar-refractivity contribution >= 4 is 21.7 Å². The fourth-order valence-corrected chi connectivity index (χ4v) is 6.31. The number of halogens is 3. The van der Waals surface area contributed by atoms with Gasteiger partial charge in [0.15, 0.2) is 5.82 Å². The van der Waals surface area contributed by atoms with Gasteiger partial charge in [-0.3, -0.25) is 4.79 Å². The van der Waals surface area contributed by atoms with Crippen LogP contribution in [0.15, 0.2) is 53.6 Å². The maximum absolute atomic E-state index is 13.9. The number of alkyl halides is 2. The first-order chi connectivity index (χ1) is 19.1. The molecule has 5 rings (SSSR count). The molecule has 3 aromatic rings. The average Bonchev–Trinajstić information content (AvgIpc) is 3.46. The molecular weight excluding hydrogens is 559 g/mol. The van der Waals surface area contributed by atoms with Crippen molar-refractivity contribution in [3.63, 3.8) is 0 Å². The highest BCUT2D eigenvalue weighted by Crippen LogP contribution is 2.56. The van der Waals surface area contributed by atoms with Crippen molar-refractivity contribution in [2.24, 2.45) is 11.3 Å². The third kappa shape index (κ3) is 5.77. The molecule has 2 aromatic heterocycles. The first kappa shape index (κ1) is 28.9. The van der Waals surface area contributed by atoms with Crippen LogP contribution in [0.5, 0.6) is 5.88 Å². The van der Waals surface area contributed by atoms with Gasteiger partial charge in [0, 0.05) is 31.3 Å². The number of rotatable bonds is 9. The number of sulfonamides is 1. The van der Waals surface area contributed by atoms with E-state index in [9.17, 15) is 26.4 Å². The van der Waals surface area contributed by atoms with E-state index in [4.69, 9.17) is 9.72 Å². The molecule has 0 radical (unpaired) electrons. The van der Waals surface area contributed by atoms with Crippen LogP contribution in [0, 0.1) is 17.2 Å². The van der Waals surface area contributed by atoms with E-state index in [0.717, 1.165) is 37.6 Å². The predicted octanol–water partition coefficient (Wildman–Crippen LogP) is 4.96. The molecule has 2 fully saturated rings. The maximum atomic E-state index is 13.9. The van der Waals surface area contributed by atoms with E-state index in [0.29, 0.717) is 25.2 Å². The summed E-state index contributed by atoms with van der Waals surface area (Å²) in [6.07, 6.45) is 3.15. The minimum absolute atomic E-state index is 0.0334. The Bertz CT molecular complexity index is 1560. The van der Waals surface area contributed by atoms with Crippen LogP contribution in [-0.4, -0.2) is 53.7 Å². The lowest BCUT2D eigenvalue weighted by atomic mass is 9.97. The highest BCUT2D eigenvalue weighted by atomic mass is 32.2. The maximum Gasteiger partial charge on any atom is 0.268 e. The molecule has 9 nitrogen and oxygen atoms in total. The molecule has 0 spiro atoms. The lowest BCUT2D eigenvalue weighted by molar-refractivity contribution is -0.0712. The van der Waals surface area contributed by atoms with E-state index in [1.54, 1.807) is 12.3 Å². The van der Waals surface area contributed by atoms with E-state index in [1.165, 1.54) is 16.8 Å². The van der Waals surface area contributed by atoms with Gasteiger partial charge in [0.2, 0.25) is 5.88 Å². The normalized spacial score (nSPS) is 19.7. The molecule has 1 atom stereocenters. The van der Waals surface area contributed by atoms with Crippen molar-refractivity contribution in [3.05, 3.63) is 60.0 Å². The summed E-state index contributed by atoms with van der Waals surface area (Å²) in [6, 6.07) is 8.65. The van der Waals surface area contributed by atoms with Crippen LogP contribution < -0.4 is 14.4 Å². The number of benzene rings is 1. The molecule has 1 aliphatic carbocycles. The van der Waals surface area contributed by atoms with E-state index < -0.39 is 38.6 Å². The quantitative estimate of drug-likeness (QED) is 0.375. The zero-order chi connectivity index (χ0) is 29.8. The smallest absolute Gasteiger partial charge is 0.268 e. The van der Waals surface area contributed by atoms with Crippen molar-refractivity contribution in [2.45, 2.75) is 63.3 Å². The van der Waals surface area contributed by atoms with Gasteiger partial charge in [-0.1, -0.05) is 6.92 Å². The molecule has 220 valence electrons. The molecule has 3 heterocycles. The van der Waals surface area contributed by atoms with E-state index in [-0.39, 0.29) is 34.7 Å². The molecule has 13 heteroatoms. The van der Waals surface area contributed by atoms with Crippen LogP contribution in [0.1, 0.15) is 57.3 Å². The SMILES string of the molecule is C[C@@H]1CN(c2nc(-n3ccc(OCC4(C(C)(F)F)CC4)n3)ccc2C(=O)NS(=O)(=O)c2ccc(F)cc2)C(C)(C)C1. The first-order valence-corrected chi connectivity index (χ1v) is 14.8. The lowest BCUT2D eigenvalue weighted by Crippen LogP contribution is -2.41. The minimum Gasteiger partial charge on any atom is -0.476 e. The van der Waals surface area contributed by atoms with Gasteiger partial charge >= 0.3 is 0 Å². The van der Waals surface area contributed by atoms with Gasteiger partial charge in [-0.2, -0.15) is 0 Å². The second-order valence-corrected chi connectivity index (χ2v) is 13.4. The topological polar surface area (TPSA) is 106 Å². The number of amides is 1. The molecule has 1 aromatic carbocycles. The summed E-state index contributed by atoms with van der Waals surface area (Å²) in [4.78, 5) is 19.8. The Morgan fingerprint density at radius 1 is 1.15 bits per heavy atom. The molecule has 0 unspecified atom stereocenters. The Kier molecular flexibility index (Phi) is 7.07. The van der Waals surface area contributed by atoms with Gasteiger partial charge in [0.25, 0.3) is 21.9 Å². The zero-order valence-electron chi connectivity index (χ0n) is 23.2. The largest absolute Gasteiger partial charge is 0.476 e. The highest BCUT2D eigenvalue weighted by Gasteiger charge is 2.59. The summed E-state index contributed by atoms with van der Waals surface area (Å²) < 4.78 is 76.0. The van der Waals surface area contributed by atoms with Gasteiger partial charge in [-0.25, -0.2) is 36.0 Å². The number of aromatic nitrogens is 3. The number of anilines is 1. The van der Waals surface area contributed by atoms with Crippen LogP contribution in [0.3, 0.4) is 0 Å². The first-order valence-electron chi connectivity index (χ1n) is 13.3. The standard InChI is InChI=1S/C28H32F3N5O4S/c1-18-15-26(2,3)35(16-18)24-21(25(37)34-41(38,39)20-7-5-19(29)6-8-20)9-10-22(32-24)36-14-11-23(33-36)40-17-28(12-13-28)27(4,30)31/h5-11,14,18H,12-13,15-17H2,1-4H3,(H,34,37)/t18-/m0/s1. The van der Waals surface area contributed by atoms with Crippen LogP contribution >= 0.6 is 0 Å². The Morgan fingerprint density at radius 2 is 1.83 bits per heavy atom. The lowest BCUT2D eigenvalue weighted by Gasteiger charge is -2.34. The minimum atomic E-state index is -4.29. The molecule has 0 bridgehead atoms. The predicted molar refractivity (Wildman–Crippen MR) is 145 cm³/mol. The van der Waals surface area contributed by atoms with Crippen molar-refractivity contribution in [3.8, 4) is 11.7 Å². The number of hydrogen-bond donors (Lipinski definition) is 1. The molecule has 1 aliphatic heterocycles. The van der Waals surface area contributed by atoms with E-state index >= 15 is 0 Å². The Hall–Kier alpha value is -3.61. The summed E-state index contributed by atoms with van der Waals surface area (Å²) in [5.41, 5.74) is -1.53. The summed E-state index contributed by atoms with van der Waals surface area (Å²) in [5.74, 6) is -3.32. The van der Waals surface area contributed by atoms with Crippen LogP contribution in [0.2, 0.25) is 0 Å². The fourth-order valence-electron chi connectivity index (χ4n) is 5.34. The Balaban J connectivity index is 1.44. The molecule has 1 saturated heterocycles. The highest BCUT2D eigenvalue weighted by molar-refractivity contribution is 7.90. The molecule has 1 N–H and O–H groups in total. The second kappa shape index (κ2) is 10.0. The van der Waals surface area contributed by atoms with Gasteiger partial charge < -0.3 is 9.64 Å². The van der Waals surface area contributed by atoms with Gasteiger partial charge in [0.05, 0.1) is 15.9 Å². The average molecular weight is 592 g/mol. The number of ether oxygens (including phenoxy) is 1. The Labute approximate surface area is 236 Å². The summed E-state index contributed by atoms with van der Waals surface area (Å²) >= 11 is 0. The van der Waals surface area contributed by atoms with E-state index in [2.05, 4.69) is 16.7 Å². The number of pyridine rings is 1. The monoisotopic (exact) mass is 591 g/mol. The van der Waals surface area contributed by atoms with Crippen molar-refractivity contribution in [1.29, 1.82) is 0 Å². The number of carbonyl (C=O) groups excluding carboxylic acids is 1. The number of carbonyl (C=O) groups is 1. The molecule has 2 aliphatic rings. The van der Waals surface area contributed by atoms with Gasteiger partial charge in [-0.15, -0.1) is 5.10 Å². The number of nitrogens with one attached hydrogen (secondary N) is 1. The second-order valence-electron chi connectivity index (χ2n) is 11.7. The number of hydrogen-bond acceptors (Lipinski definition) is 7. The molecule has 41 heavy (non-hydrogen) atoms. The van der Waals surface area contributed by atoms with Crippen LogP contribution in [-0.2, 0) is 10.0 Å². The van der Waals surface area contributed by atoms with Gasteiger partial charge in [-0.05, 0) is 75.4 Å². The summed E-state index contributed by atoms with van der Waals surface area (Å²) in [5, 5.41) is 4.33. The zero-order valence-corrected chi connectivity index (χ0v) is 24.0. The van der Waals surface area contributed by atoms with E-state index in [1.807, 2.05) is 18.7 Å². The Morgan fingerprint density at radius 3 is 2.41 bits per heavy atom.